The fraction of sp³-hybridized carbons (Fsp3) is 0.556. The van der Waals surface area contributed by atoms with E-state index < -0.39 is 0 Å². The molecule has 0 saturated carbocycles. The highest BCUT2D eigenvalue weighted by atomic mass is 32.2. The van der Waals surface area contributed by atoms with E-state index >= 15 is 0 Å². The van der Waals surface area contributed by atoms with E-state index in [1.54, 1.807) is 11.8 Å². The Labute approximate surface area is 148 Å². The topological polar surface area (TPSA) is 75.4 Å². The van der Waals surface area contributed by atoms with Crippen molar-refractivity contribution in [2.24, 2.45) is 11.7 Å². The fourth-order valence-corrected chi connectivity index (χ4v) is 3.88. The van der Waals surface area contributed by atoms with Gasteiger partial charge in [-0.1, -0.05) is 17.7 Å². The molecule has 0 bridgehead atoms. The average Bonchev–Trinajstić information content (AvgIpc) is 2.60. The summed E-state index contributed by atoms with van der Waals surface area (Å²) in [4.78, 5) is 27.6. The largest absolute Gasteiger partial charge is 0.355 e. The molecule has 1 aliphatic heterocycles. The molecule has 132 valence electrons. The molecule has 2 rings (SSSR count). The zero-order chi connectivity index (χ0) is 17.5. The van der Waals surface area contributed by atoms with Crippen molar-refractivity contribution in [1.29, 1.82) is 0 Å². The highest BCUT2D eigenvalue weighted by Crippen LogP contribution is 2.25. The molecule has 3 N–H and O–H groups in total. The number of thioether (sulfide) groups is 1. The summed E-state index contributed by atoms with van der Waals surface area (Å²) in [5.74, 6) is 0.429. The molecule has 0 aliphatic carbocycles. The van der Waals surface area contributed by atoms with E-state index in [1.807, 2.05) is 4.90 Å². The summed E-state index contributed by atoms with van der Waals surface area (Å²) in [7, 11) is 0. The van der Waals surface area contributed by atoms with Crippen LogP contribution in [-0.2, 0) is 9.59 Å². The van der Waals surface area contributed by atoms with Crippen LogP contribution in [-0.4, -0.2) is 48.6 Å². The Bertz CT molecular complexity index is 592. The van der Waals surface area contributed by atoms with Crippen molar-refractivity contribution in [3.63, 3.8) is 0 Å². The van der Waals surface area contributed by atoms with Crippen LogP contribution in [0.2, 0.25) is 0 Å². The quantitative estimate of drug-likeness (QED) is 0.767. The van der Waals surface area contributed by atoms with Gasteiger partial charge >= 0.3 is 0 Å². The Hall–Kier alpha value is -1.53. The molecule has 5 nitrogen and oxygen atoms in total. The Kier molecular flexibility index (Phi) is 7.12. The summed E-state index contributed by atoms with van der Waals surface area (Å²) in [6.07, 6.45) is 1.71. The number of likely N-dealkylation sites (tertiary alicyclic amines) is 1. The molecule has 1 aromatic rings. The van der Waals surface area contributed by atoms with Crippen LogP contribution < -0.4 is 11.1 Å². The molecule has 2 amide bonds. The van der Waals surface area contributed by atoms with Gasteiger partial charge < -0.3 is 16.0 Å². The Morgan fingerprint density at radius 3 is 2.92 bits per heavy atom. The molecule has 1 aromatic carbocycles. The maximum atomic E-state index is 12.5. The number of aryl methyl sites for hydroxylation is 2. The Morgan fingerprint density at radius 2 is 2.17 bits per heavy atom. The van der Waals surface area contributed by atoms with Crippen LogP contribution in [0.5, 0.6) is 0 Å². The summed E-state index contributed by atoms with van der Waals surface area (Å²) in [6, 6.07) is 6.28. The molecule has 1 atom stereocenters. The second-order valence-electron chi connectivity index (χ2n) is 6.32. The van der Waals surface area contributed by atoms with Crippen molar-refractivity contribution >= 4 is 23.6 Å². The first-order chi connectivity index (χ1) is 11.5. The molecule has 1 heterocycles. The summed E-state index contributed by atoms with van der Waals surface area (Å²) in [5.41, 5.74) is 7.81. The van der Waals surface area contributed by atoms with Gasteiger partial charge in [0.05, 0.1) is 11.7 Å². The number of carbonyl (C=O) groups excluding carboxylic acids is 2. The first-order valence-corrected chi connectivity index (χ1v) is 9.45. The standard InChI is InChI=1S/C18H27N3O2S/c1-13-5-6-14(2)16(10-13)24-12-17(22)21-9-3-4-15(11-21)18(23)20-8-7-19/h5-6,10,15H,3-4,7-9,11-12,19H2,1-2H3,(H,20,23). The zero-order valence-corrected chi connectivity index (χ0v) is 15.3. The maximum absolute atomic E-state index is 12.5. The monoisotopic (exact) mass is 349 g/mol. The summed E-state index contributed by atoms with van der Waals surface area (Å²) < 4.78 is 0. The fourth-order valence-electron chi connectivity index (χ4n) is 2.85. The van der Waals surface area contributed by atoms with E-state index in [1.165, 1.54) is 11.1 Å². The summed E-state index contributed by atoms with van der Waals surface area (Å²) in [6.45, 7) is 6.31. The van der Waals surface area contributed by atoms with Gasteiger partial charge in [-0.25, -0.2) is 0 Å². The van der Waals surface area contributed by atoms with E-state index in [9.17, 15) is 9.59 Å². The van der Waals surface area contributed by atoms with Gasteiger partial charge in [0.25, 0.3) is 0 Å². The van der Waals surface area contributed by atoms with Crippen molar-refractivity contribution in [3.8, 4) is 0 Å². The molecule has 1 aliphatic rings. The van der Waals surface area contributed by atoms with E-state index in [-0.39, 0.29) is 17.7 Å². The van der Waals surface area contributed by atoms with Crippen molar-refractivity contribution in [3.05, 3.63) is 29.3 Å². The SMILES string of the molecule is Cc1ccc(C)c(SCC(=O)N2CCCC(C(=O)NCCN)C2)c1. The van der Waals surface area contributed by atoms with Crippen molar-refractivity contribution in [2.45, 2.75) is 31.6 Å². The van der Waals surface area contributed by atoms with Gasteiger partial charge in [-0.3, -0.25) is 9.59 Å². The highest BCUT2D eigenvalue weighted by Gasteiger charge is 2.28. The average molecular weight is 350 g/mol. The Balaban J connectivity index is 1.87. The smallest absolute Gasteiger partial charge is 0.232 e. The number of nitrogens with one attached hydrogen (secondary N) is 1. The third kappa shape index (κ3) is 5.24. The van der Waals surface area contributed by atoms with E-state index in [4.69, 9.17) is 5.73 Å². The van der Waals surface area contributed by atoms with Gasteiger partial charge in [0.15, 0.2) is 0 Å². The molecule has 6 heteroatoms. The third-order valence-electron chi connectivity index (χ3n) is 4.28. The minimum Gasteiger partial charge on any atom is -0.355 e. The van der Waals surface area contributed by atoms with E-state index in [2.05, 4.69) is 37.4 Å². The van der Waals surface area contributed by atoms with Crippen molar-refractivity contribution in [1.82, 2.24) is 10.2 Å². The predicted octanol–water partition coefficient (Wildman–Crippen LogP) is 1.71. The maximum Gasteiger partial charge on any atom is 0.232 e. The second-order valence-corrected chi connectivity index (χ2v) is 7.33. The van der Waals surface area contributed by atoms with Gasteiger partial charge in [-0.05, 0) is 38.3 Å². The van der Waals surface area contributed by atoms with Crippen molar-refractivity contribution < 1.29 is 9.59 Å². The van der Waals surface area contributed by atoms with E-state index in [0.29, 0.717) is 25.4 Å². The number of nitrogens with zero attached hydrogens (tertiary/aromatic N) is 1. The second kappa shape index (κ2) is 9.08. The van der Waals surface area contributed by atoms with Crippen LogP contribution in [0.3, 0.4) is 0 Å². The number of hydrogen-bond donors (Lipinski definition) is 2. The van der Waals surface area contributed by atoms with Crippen LogP contribution in [0, 0.1) is 19.8 Å². The number of carbonyl (C=O) groups is 2. The lowest BCUT2D eigenvalue weighted by molar-refractivity contribution is -0.133. The molecule has 0 aromatic heterocycles. The lowest BCUT2D eigenvalue weighted by Gasteiger charge is -2.32. The number of piperidine rings is 1. The highest BCUT2D eigenvalue weighted by molar-refractivity contribution is 8.00. The van der Waals surface area contributed by atoms with Gasteiger partial charge in [-0.2, -0.15) is 0 Å². The van der Waals surface area contributed by atoms with Gasteiger partial charge in [0.2, 0.25) is 11.8 Å². The van der Waals surface area contributed by atoms with Crippen LogP contribution in [0.1, 0.15) is 24.0 Å². The first kappa shape index (κ1) is 18.8. The number of amides is 2. The normalized spacial score (nSPS) is 17.6. The lowest BCUT2D eigenvalue weighted by atomic mass is 9.97. The zero-order valence-electron chi connectivity index (χ0n) is 14.5. The summed E-state index contributed by atoms with van der Waals surface area (Å²) >= 11 is 1.58. The molecular weight excluding hydrogens is 322 g/mol. The van der Waals surface area contributed by atoms with Crippen LogP contribution >= 0.6 is 11.8 Å². The van der Waals surface area contributed by atoms with Gasteiger partial charge in [-0.15, -0.1) is 11.8 Å². The number of nitrogens with two attached hydrogens (primary N) is 1. The Morgan fingerprint density at radius 1 is 1.38 bits per heavy atom. The molecular formula is C18H27N3O2S. The van der Waals surface area contributed by atoms with Gasteiger partial charge in [0, 0.05) is 31.1 Å². The van der Waals surface area contributed by atoms with E-state index in [0.717, 1.165) is 24.3 Å². The predicted molar refractivity (Wildman–Crippen MR) is 98.0 cm³/mol. The number of benzene rings is 1. The molecule has 0 spiro atoms. The minimum atomic E-state index is -0.111. The van der Waals surface area contributed by atoms with Crippen LogP contribution in [0.25, 0.3) is 0 Å². The third-order valence-corrected chi connectivity index (χ3v) is 5.43. The van der Waals surface area contributed by atoms with Crippen molar-refractivity contribution in [2.75, 3.05) is 31.9 Å². The molecule has 24 heavy (non-hydrogen) atoms. The summed E-state index contributed by atoms with van der Waals surface area (Å²) in [5, 5.41) is 2.83. The molecule has 0 radical (unpaired) electrons. The molecule has 1 unspecified atom stereocenters. The molecule has 1 fully saturated rings. The lowest BCUT2D eigenvalue weighted by Crippen LogP contribution is -2.46. The number of rotatable bonds is 6. The first-order valence-electron chi connectivity index (χ1n) is 8.47. The molecule has 1 saturated heterocycles. The van der Waals surface area contributed by atoms with Gasteiger partial charge in [0.1, 0.15) is 0 Å². The minimum absolute atomic E-state index is 0.0140. The van der Waals surface area contributed by atoms with Crippen LogP contribution in [0.4, 0.5) is 0 Å². The van der Waals surface area contributed by atoms with Crippen LogP contribution in [0.15, 0.2) is 23.1 Å². The number of hydrogen-bond acceptors (Lipinski definition) is 4.